The molecule has 0 N–H and O–H groups in total. The van der Waals surface area contributed by atoms with Gasteiger partial charge in [0.05, 0.1) is 12.2 Å². The molecule has 1 aliphatic heterocycles. The number of hydrogen-bond acceptors (Lipinski definition) is 6. The highest BCUT2D eigenvalue weighted by atomic mass is 16.5. The molecule has 2 unspecified atom stereocenters. The lowest BCUT2D eigenvalue weighted by molar-refractivity contribution is 0.178. The van der Waals surface area contributed by atoms with Crippen LogP contribution in [0.2, 0.25) is 0 Å². The molecule has 3 heterocycles. The Morgan fingerprint density at radius 1 is 1.50 bits per heavy atom. The standard InChI is InChI=1S/C14H18N4O2/c1-10(14-16-11(2)20-17-14)18-7-5-13(9-18)19-12-4-3-6-15-8-12/h3-4,6,8,10,13H,5,7,9H2,1-2H3. The molecule has 2 aromatic heterocycles. The fraction of sp³-hybridized carbons (Fsp3) is 0.500. The molecule has 1 aliphatic rings. The zero-order valence-electron chi connectivity index (χ0n) is 11.7. The van der Waals surface area contributed by atoms with E-state index in [9.17, 15) is 0 Å². The average molecular weight is 274 g/mol. The molecule has 3 rings (SSSR count). The normalized spacial score (nSPS) is 21.0. The summed E-state index contributed by atoms with van der Waals surface area (Å²) in [6.45, 7) is 5.74. The molecule has 0 radical (unpaired) electrons. The van der Waals surface area contributed by atoms with Gasteiger partial charge in [-0.3, -0.25) is 9.88 Å². The van der Waals surface area contributed by atoms with Crippen LogP contribution in [0.5, 0.6) is 5.75 Å². The number of likely N-dealkylation sites (tertiary alicyclic amines) is 1. The van der Waals surface area contributed by atoms with E-state index >= 15 is 0 Å². The topological polar surface area (TPSA) is 64.3 Å². The van der Waals surface area contributed by atoms with Gasteiger partial charge in [-0.15, -0.1) is 0 Å². The maximum Gasteiger partial charge on any atom is 0.223 e. The first kappa shape index (κ1) is 13.1. The fourth-order valence-electron chi connectivity index (χ4n) is 2.46. The van der Waals surface area contributed by atoms with Crippen LogP contribution in [0, 0.1) is 6.92 Å². The van der Waals surface area contributed by atoms with Crippen molar-refractivity contribution in [3.05, 3.63) is 36.2 Å². The largest absolute Gasteiger partial charge is 0.487 e. The molecule has 6 nitrogen and oxygen atoms in total. The Morgan fingerprint density at radius 3 is 3.10 bits per heavy atom. The zero-order chi connectivity index (χ0) is 13.9. The van der Waals surface area contributed by atoms with Crippen molar-refractivity contribution in [3.63, 3.8) is 0 Å². The minimum Gasteiger partial charge on any atom is -0.487 e. The van der Waals surface area contributed by atoms with E-state index in [0.717, 1.165) is 31.1 Å². The second kappa shape index (κ2) is 5.58. The maximum atomic E-state index is 5.93. The lowest BCUT2D eigenvalue weighted by Crippen LogP contribution is -2.28. The van der Waals surface area contributed by atoms with Crippen LogP contribution in [-0.4, -0.2) is 39.2 Å². The van der Waals surface area contributed by atoms with Gasteiger partial charge in [0, 0.05) is 26.2 Å². The minimum atomic E-state index is 0.148. The smallest absolute Gasteiger partial charge is 0.223 e. The highest BCUT2D eigenvalue weighted by Crippen LogP contribution is 2.25. The summed E-state index contributed by atoms with van der Waals surface area (Å²) in [6.07, 6.45) is 4.67. The number of hydrogen-bond donors (Lipinski definition) is 0. The quantitative estimate of drug-likeness (QED) is 0.849. The van der Waals surface area contributed by atoms with Crippen molar-refractivity contribution in [2.45, 2.75) is 32.4 Å². The molecule has 0 saturated carbocycles. The Bertz CT molecular complexity index is 557. The number of aryl methyl sites for hydroxylation is 1. The molecule has 0 amide bonds. The Kier molecular flexibility index (Phi) is 3.64. The average Bonchev–Trinajstić information content (AvgIpc) is 3.08. The van der Waals surface area contributed by atoms with Crippen LogP contribution in [-0.2, 0) is 0 Å². The molecule has 106 valence electrons. The molecule has 0 aromatic carbocycles. The summed E-state index contributed by atoms with van der Waals surface area (Å²) >= 11 is 0. The van der Waals surface area contributed by atoms with E-state index in [4.69, 9.17) is 9.26 Å². The first-order valence-corrected chi connectivity index (χ1v) is 6.83. The van der Waals surface area contributed by atoms with Crippen molar-refractivity contribution in [2.75, 3.05) is 13.1 Å². The van der Waals surface area contributed by atoms with Gasteiger partial charge in [-0.1, -0.05) is 5.16 Å². The second-order valence-electron chi connectivity index (χ2n) is 5.06. The first-order chi connectivity index (χ1) is 9.72. The van der Waals surface area contributed by atoms with Crippen LogP contribution >= 0.6 is 0 Å². The summed E-state index contributed by atoms with van der Waals surface area (Å²) in [5.74, 6) is 2.17. The lowest BCUT2D eigenvalue weighted by Gasteiger charge is -2.21. The van der Waals surface area contributed by atoms with Crippen molar-refractivity contribution in [1.29, 1.82) is 0 Å². The van der Waals surface area contributed by atoms with E-state index in [1.54, 1.807) is 12.4 Å². The van der Waals surface area contributed by atoms with Gasteiger partial charge in [0.25, 0.3) is 0 Å². The number of aromatic nitrogens is 3. The number of ether oxygens (including phenoxy) is 1. The summed E-state index contributed by atoms with van der Waals surface area (Å²) < 4.78 is 11.0. The summed E-state index contributed by atoms with van der Waals surface area (Å²) in [5, 5.41) is 3.99. The predicted octanol–water partition coefficient (Wildman–Crippen LogP) is 1.99. The third kappa shape index (κ3) is 2.80. The summed E-state index contributed by atoms with van der Waals surface area (Å²) in [7, 11) is 0. The van der Waals surface area contributed by atoms with Crippen LogP contribution in [0.25, 0.3) is 0 Å². The van der Waals surface area contributed by atoms with Crippen LogP contribution in [0.15, 0.2) is 29.0 Å². The van der Waals surface area contributed by atoms with Gasteiger partial charge < -0.3 is 9.26 Å². The van der Waals surface area contributed by atoms with Gasteiger partial charge in [-0.2, -0.15) is 4.98 Å². The van der Waals surface area contributed by atoms with E-state index in [0.29, 0.717) is 5.89 Å². The highest BCUT2D eigenvalue weighted by molar-refractivity contribution is 5.16. The molecule has 1 fully saturated rings. The van der Waals surface area contributed by atoms with Gasteiger partial charge >= 0.3 is 0 Å². The van der Waals surface area contributed by atoms with Gasteiger partial charge in [-0.25, -0.2) is 0 Å². The summed E-state index contributed by atoms with van der Waals surface area (Å²) in [4.78, 5) is 10.7. The summed E-state index contributed by atoms with van der Waals surface area (Å²) in [6, 6.07) is 3.96. The predicted molar refractivity (Wildman–Crippen MR) is 72.3 cm³/mol. The number of pyridine rings is 1. The van der Waals surface area contributed by atoms with Crippen molar-refractivity contribution in [3.8, 4) is 5.75 Å². The Hall–Kier alpha value is -1.95. The van der Waals surface area contributed by atoms with Gasteiger partial charge in [0.2, 0.25) is 5.89 Å². The Balaban J connectivity index is 1.59. The van der Waals surface area contributed by atoms with Crippen LogP contribution in [0.4, 0.5) is 0 Å². The Labute approximate surface area is 117 Å². The van der Waals surface area contributed by atoms with Gasteiger partial charge in [0.1, 0.15) is 11.9 Å². The first-order valence-electron chi connectivity index (χ1n) is 6.83. The fourth-order valence-corrected chi connectivity index (χ4v) is 2.46. The van der Waals surface area contributed by atoms with Crippen molar-refractivity contribution < 1.29 is 9.26 Å². The monoisotopic (exact) mass is 274 g/mol. The molecule has 2 aromatic rings. The summed E-state index contributed by atoms with van der Waals surface area (Å²) in [5.41, 5.74) is 0. The SMILES string of the molecule is Cc1nc(C(C)N2CCC(Oc3cccnc3)C2)no1. The molecule has 0 aliphatic carbocycles. The van der Waals surface area contributed by atoms with E-state index in [-0.39, 0.29) is 12.1 Å². The third-order valence-corrected chi connectivity index (χ3v) is 3.58. The highest BCUT2D eigenvalue weighted by Gasteiger charge is 2.30. The molecule has 0 bridgehead atoms. The van der Waals surface area contributed by atoms with Gasteiger partial charge in [-0.05, 0) is 25.5 Å². The third-order valence-electron chi connectivity index (χ3n) is 3.58. The molecular formula is C14H18N4O2. The van der Waals surface area contributed by atoms with Crippen molar-refractivity contribution in [1.82, 2.24) is 20.0 Å². The van der Waals surface area contributed by atoms with E-state index in [1.165, 1.54) is 0 Å². The molecule has 6 heteroatoms. The van der Waals surface area contributed by atoms with Crippen LogP contribution in [0.3, 0.4) is 0 Å². The van der Waals surface area contributed by atoms with Crippen LogP contribution < -0.4 is 4.74 Å². The van der Waals surface area contributed by atoms with Crippen LogP contribution in [0.1, 0.15) is 31.1 Å². The zero-order valence-corrected chi connectivity index (χ0v) is 11.7. The maximum absolute atomic E-state index is 5.93. The van der Waals surface area contributed by atoms with Crippen molar-refractivity contribution >= 4 is 0 Å². The van der Waals surface area contributed by atoms with E-state index in [1.807, 2.05) is 19.1 Å². The lowest BCUT2D eigenvalue weighted by atomic mass is 10.3. The van der Waals surface area contributed by atoms with E-state index in [2.05, 4.69) is 26.9 Å². The number of nitrogens with zero attached hydrogens (tertiary/aromatic N) is 4. The molecular weight excluding hydrogens is 256 g/mol. The molecule has 20 heavy (non-hydrogen) atoms. The minimum absolute atomic E-state index is 0.148. The van der Waals surface area contributed by atoms with Gasteiger partial charge in [0.15, 0.2) is 5.82 Å². The molecule has 0 spiro atoms. The Morgan fingerprint density at radius 2 is 2.40 bits per heavy atom. The molecule has 1 saturated heterocycles. The number of rotatable bonds is 4. The second-order valence-corrected chi connectivity index (χ2v) is 5.06. The van der Waals surface area contributed by atoms with E-state index < -0.39 is 0 Å². The van der Waals surface area contributed by atoms with Crippen molar-refractivity contribution in [2.24, 2.45) is 0 Å². The molecule has 2 atom stereocenters.